The van der Waals surface area contributed by atoms with E-state index in [4.69, 9.17) is 14.2 Å². The number of hydrogen-bond acceptors (Lipinski definition) is 5. The van der Waals surface area contributed by atoms with E-state index in [1.165, 1.54) is 7.11 Å². The summed E-state index contributed by atoms with van der Waals surface area (Å²) >= 11 is 0. The van der Waals surface area contributed by atoms with Crippen LogP contribution in [0.15, 0.2) is 42.5 Å². The van der Waals surface area contributed by atoms with E-state index in [0.717, 1.165) is 17.5 Å². The highest BCUT2D eigenvalue weighted by Gasteiger charge is 2.41. The van der Waals surface area contributed by atoms with Gasteiger partial charge in [-0.25, -0.2) is 4.79 Å². The highest BCUT2D eigenvalue weighted by molar-refractivity contribution is 6.01. The van der Waals surface area contributed by atoms with E-state index in [9.17, 15) is 9.59 Å². The first kappa shape index (κ1) is 22.8. The van der Waals surface area contributed by atoms with Gasteiger partial charge in [0, 0.05) is 18.9 Å². The van der Waals surface area contributed by atoms with Crippen LogP contribution in [0.2, 0.25) is 0 Å². The van der Waals surface area contributed by atoms with Crippen LogP contribution in [0.25, 0.3) is 0 Å². The summed E-state index contributed by atoms with van der Waals surface area (Å²) < 4.78 is 16.3. The Morgan fingerprint density at radius 2 is 1.81 bits per heavy atom. The molecule has 1 saturated heterocycles. The lowest BCUT2D eigenvalue weighted by Gasteiger charge is -2.36. The molecule has 31 heavy (non-hydrogen) atoms. The van der Waals surface area contributed by atoms with Crippen molar-refractivity contribution in [3.05, 3.63) is 59.2 Å². The molecular formula is C25H31NO5. The van der Waals surface area contributed by atoms with Crippen molar-refractivity contribution < 1.29 is 23.8 Å². The normalized spacial score (nSPS) is 16.3. The highest BCUT2D eigenvalue weighted by atomic mass is 16.5. The molecule has 6 nitrogen and oxygen atoms in total. The molecule has 1 heterocycles. The predicted molar refractivity (Wildman–Crippen MR) is 120 cm³/mol. The van der Waals surface area contributed by atoms with E-state index in [1.54, 1.807) is 18.2 Å². The van der Waals surface area contributed by atoms with Gasteiger partial charge in [0.25, 0.3) is 0 Å². The smallest absolute Gasteiger partial charge is 0.341 e. The number of benzene rings is 2. The number of hydrogen-bond donors (Lipinski definition) is 1. The Bertz CT molecular complexity index is 916. The van der Waals surface area contributed by atoms with Crippen molar-refractivity contribution in [2.45, 2.75) is 51.6 Å². The fraction of sp³-hybridized carbons (Fsp3) is 0.440. The number of nitrogens with one attached hydrogen (secondary N) is 1. The molecule has 2 aromatic carbocycles. The quantitative estimate of drug-likeness (QED) is 0.654. The molecule has 0 unspecified atom stereocenters. The van der Waals surface area contributed by atoms with Crippen molar-refractivity contribution in [1.29, 1.82) is 0 Å². The number of esters is 1. The molecule has 3 rings (SSSR count). The zero-order chi connectivity index (χ0) is 22.4. The number of methoxy groups -OCH3 is 1. The molecule has 1 N–H and O–H groups in total. The SMILES string of the molecule is CC[C@H](C)Oc1ccc(NC(=O)C2(c3ccc(C)cc3)CCOCC2)cc1C(=O)OC. The van der Waals surface area contributed by atoms with Gasteiger partial charge >= 0.3 is 5.97 Å². The van der Waals surface area contributed by atoms with Crippen LogP contribution in [0.1, 0.15) is 54.6 Å². The van der Waals surface area contributed by atoms with Gasteiger partial charge in [-0.2, -0.15) is 0 Å². The maximum Gasteiger partial charge on any atom is 0.341 e. The van der Waals surface area contributed by atoms with E-state index < -0.39 is 11.4 Å². The lowest BCUT2D eigenvalue weighted by Crippen LogP contribution is -2.44. The third-order valence-corrected chi connectivity index (χ3v) is 5.93. The summed E-state index contributed by atoms with van der Waals surface area (Å²) in [6.45, 7) is 7.02. The molecule has 0 radical (unpaired) electrons. The molecule has 0 aliphatic carbocycles. The third-order valence-electron chi connectivity index (χ3n) is 5.93. The Labute approximate surface area is 183 Å². The fourth-order valence-corrected chi connectivity index (χ4v) is 3.77. The van der Waals surface area contributed by atoms with E-state index in [0.29, 0.717) is 37.5 Å². The summed E-state index contributed by atoms with van der Waals surface area (Å²) in [5.74, 6) is -0.168. The van der Waals surface area contributed by atoms with Crippen molar-refractivity contribution >= 4 is 17.6 Å². The van der Waals surface area contributed by atoms with Gasteiger partial charge in [-0.3, -0.25) is 4.79 Å². The first-order chi connectivity index (χ1) is 14.9. The maximum absolute atomic E-state index is 13.5. The summed E-state index contributed by atoms with van der Waals surface area (Å²) in [5.41, 5.74) is 2.26. The van der Waals surface area contributed by atoms with Gasteiger partial charge in [-0.1, -0.05) is 36.8 Å². The number of rotatable bonds is 7. The molecule has 1 fully saturated rings. The Morgan fingerprint density at radius 1 is 1.13 bits per heavy atom. The monoisotopic (exact) mass is 425 g/mol. The zero-order valence-electron chi connectivity index (χ0n) is 18.7. The largest absolute Gasteiger partial charge is 0.490 e. The average molecular weight is 426 g/mol. The first-order valence-corrected chi connectivity index (χ1v) is 10.7. The van der Waals surface area contributed by atoms with E-state index in [1.807, 2.05) is 45.0 Å². The minimum Gasteiger partial charge on any atom is -0.490 e. The molecule has 1 aliphatic rings. The molecular weight excluding hydrogens is 394 g/mol. The second kappa shape index (κ2) is 9.96. The van der Waals surface area contributed by atoms with Crippen molar-refractivity contribution in [3.8, 4) is 5.75 Å². The molecule has 1 amide bonds. The molecule has 6 heteroatoms. The summed E-state index contributed by atoms with van der Waals surface area (Å²) in [5, 5.41) is 3.02. The topological polar surface area (TPSA) is 73.9 Å². The van der Waals surface area contributed by atoms with Crippen LogP contribution in [0, 0.1) is 6.92 Å². The van der Waals surface area contributed by atoms with Crippen LogP contribution in [0.4, 0.5) is 5.69 Å². The predicted octanol–water partition coefficient (Wildman–Crippen LogP) is 4.65. The second-order valence-electron chi connectivity index (χ2n) is 8.05. The average Bonchev–Trinajstić information content (AvgIpc) is 2.80. The number of aryl methyl sites for hydroxylation is 1. The van der Waals surface area contributed by atoms with E-state index in [-0.39, 0.29) is 17.6 Å². The number of amides is 1. The van der Waals surface area contributed by atoms with Gasteiger partial charge < -0.3 is 19.5 Å². The minimum absolute atomic E-state index is 0.0455. The van der Waals surface area contributed by atoms with Gasteiger partial charge in [0.05, 0.1) is 18.6 Å². The van der Waals surface area contributed by atoms with Gasteiger partial charge in [0.1, 0.15) is 11.3 Å². The summed E-state index contributed by atoms with van der Waals surface area (Å²) in [7, 11) is 1.33. The Kier molecular flexibility index (Phi) is 7.33. The lowest BCUT2D eigenvalue weighted by atomic mass is 9.73. The number of ether oxygens (including phenoxy) is 3. The van der Waals surface area contributed by atoms with Crippen molar-refractivity contribution in [3.63, 3.8) is 0 Å². The molecule has 0 spiro atoms. The number of anilines is 1. The van der Waals surface area contributed by atoms with Crippen LogP contribution in [0.5, 0.6) is 5.75 Å². The number of carbonyl (C=O) groups is 2. The van der Waals surface area contributed by atoms with Crippen LogP contribution in [-0.4, -0.2) is 38.3 Å². The molecule has 166 valence electrons. The fourth-order valence-electron chi connectivity index (χ4n) is 3.77. The molecule has 0 bridgehead atoms. The standard InChI is InChI=1S/C25H31NO5/c1-5-18(3)31-22-11-10-20(16-21(22)23(27)29-4)26-24(28)25(12-14-30-15-13-25)19-8-6-17(2)7-9-19/h6-11,16,18H,5,12-15H2,1-4H3,(H,26,28)/t18-/m0/s1. The van der Waals surface area contributed by atoms with Crippen molar-refractivity contribution in [2.75, 3.05) is 25.6 Å². The molecule has 1 aliphatic heterocycles. The first-order valence-electron chi connectivity index (χ1n) is 10.7. The third kappa shape index (κ3) is 5.07. The van der Waals surface area contributed by atoms with E-state index in [2.05, 4.69) is 5.32 Å². The highest BCUT2D eigenvalue weighted by Crippen LogP contribution is 2.37. The van der Waals surface area contributed by atoms with Crippen LogP contribution < -0.4 is 10.1 Å². The summed E-state index contributed by atoms with van der Waals surface area (Å²) in [6.07, 6.45) is 1.96. The second-order valence-corrected chi connectivity index (χ2v) is 8.05. The van der Waals surface area contributed by atoms with Crippen molar-refractivity contribution in [1.82, 2.24) is 0 Å². The Hall–Kier alpha value is -2.86. The van der Waals surface area contributed by atoms with Crippen LogP contribution >= 0.6 is 0 Å². The van der Waals surface area contributed by atoms with Gasteiger partial charge in [0.2, 0.25) is 5.91 Å². The summed E-state index contributed by atoms with van der Waals surface area (Å²) in [6, 6.07) is 13.2. The molecule has 0 aromatic heterocycles. The van der Waals surface area contributed by atoms with Crippen LogP contribution in [0.3, 0.4) is 0 Å². The number of carbonyl (C=O) groups excluding carboxylic acids is 2. The van der Waals surface area contributed by atoms with E-state index >= 15 is 0 Å². The summed E-state index contributed by atoms with van der Waals surface area (Å²) in [4.78, 5) is 25.8. The van der Waals surface area contributed by atoms with Gasteiger partial charge in [0.15, 0.2) is 0 Å². The minimum atomic E-state index is -0.677. The Balaban J connectivity index is 1.91. The maximum atomic E-state index is 13.5. The zero-order valence-corrected chi connectivity index (χ0v) is 18.7. The lowest BCUT2D eigenvalue weighted by molar-refractivity contribution is -0.125. The van der Waals surface area contributed by atoms with Gasteiger partial charge in [-0.05, 0) is 56.9 Å². The molecule has 2 aromatic rings. The van der Waals surface area contributed by atoms with Crippen molar-refractivity contribution in [2.24, 2.45) is 0 Å². The van der Waals surface area contributed by atoms with Crippen LogP contribution in [-0.2, 0) is 19.7 Å². The molecule has 0 saturated carbocycles. The van der Waals surface area contributed by atoms with Gasteiger partial charge in [-0.15, -0.1) is 0 Å². The Morgan fingerprint density at radius 3 is 2.42 bits per heavy atom. The molecule has 1 atom stereocenters.